The first kappa shape index (κ1) is 21.5. The Morgan fingerprint density at radius 3 is 2.73 bits per heavy atom. The number of hydrogen-bond donors (Lipinski definition) is 1. The molecule has 0 spiro atoms. The van der Waals surface area contributed by atoms with Gasteiger partial charge in [-0.05, 0) is 48.4 Å². The second-order valence-corrected chi connectivity index (χ2v) is 7.39. The van der Waals surface area contributed by atoms with Crippen LogP contribution >= 0.6 is 15.9 Å². The van der Waals surface area contributed by atoms with Gasteiger partial charge in [0.05, 0.1) is 12.3 Å². The number of benzene rings is 2. The fourth-order valence-corrected chi connectivity index (χ4v) is 3.00. The normalized spacial score (nSPS) is 10.9. The van der Waals surface area contributed by atoms with Gasteiger partial charge in [-0.2, -0.15) is 5.10 Å². The molecule has 1 aromatic heterocycles. The van der Waals surface area contributed by atoms with E-state index in [1.807, 2.05) is 60.7 Å². The Bertz CT molecular complexity index is 1040. The van der Waals surface area contributed by atoms with Gasteiger partial charge in [-0.25, -0.2) is 9.48 Å². The average molecular weight is 468 g/mol. The zero-order valence-corrected chi connectivity index (χ0v) is 18.1. The highest BCUT2D eigenvalue weighted by Gasteiger charge is 2.11. The maximum atomic E-state index is 12.1. The number of halogens is 1. The van der Waals surface area contributed by atoms with Crippen molar-refractivity contribution in [1.82, 2.24) is 15.1 Å². The Balaban J connectivity index is 1.54. The maximum absolute atomic E-state index is 12.1. The van der Waals surface area contributed by atoms with E-state index in [1.54, 1.807) is 23.9 Å². The van der Waals surface area contributed by atoms with Crippen LogP contribution < -0.4 is 5.32 Å². The molecule has 0 radical (unpaired) electrons. The number of nitrogens with zero attached hydrogens (tertiary/aromatic N) is 2. The Morgan fingerprint density at radius 2 is 1.97 bits per heavy atom. The smallest absolute Gasteiger partial charge is 0.358 e. The first-order chi connectivity index (χ1) is 14.5. The summed E-state index contributed by atoms with van der Waals surface area (Å²) in [5.41, 5.74) is 3.03. The molecule has 0 aliphatic carbocycles. The Morgan fingerprint density at radius 1 is 1.17 bits per heavy atom. The van der Waals surface area contributed by atoms with Crippen molar-refractivity contribution in [1.29, 1.82) is 0 Å². The summed E-state index contributed by atoms with van der Waals surface area (Å²) in [7, 11) is 0. The van der Waals surface area contributed by atoms with E-state index in [0.29, 0.717) is 19.6 Å². The van der Waals surface area contributed by atoms with Gasteiger partial charge < -0.3 is 10.1 Å². The molecule has 1 amide bonds. The summed E-state index contributed by atoms with van der Waals surface area (Å²) in [6.07, 6.45) is 5.77. The molecule has 1 N–H and O–H groups in total. The molecule has 154 valence electrons. The first-order valence-electron chi connectivity index (χ1n) is 9.56. The number of aromatic nitrogens is 2. The summed E-state index contributed by atoms with van der Waals surface area (Å²) in [5.74, 6) is -0.506. The van der Waals surface area contributed by atoms with E-state index >= 15 is 0 Å². The molecule has 2 aromatic carbocycles. The molecule has 0 saturated carbocycles. The lowest BCUT2D eigenvalue weighted by Crippen LogP contribution is -2.21. The minimum Gasteiger partial charge on any atom is -0.461 e. The number of carbonyl (C=O) groups is 2. The van der Waals surface area contributed by atoms with Crippen molar-refractivity contribution in [2.45, 2.75) is 19.9 Å². The molecule has 0 unspecified atom stereocenters. The fraction of sp³-hybridized carbons (Fsp3) is 0.174. The highest BCUT2D eigenvalue weighted by molar-refractivity contribution is 9.10. The third-order valence-electron chi connectivity index (χ3n) is 4.22. The van der Waals surface area contributed by atoms with Crippen LogP contribution in [0.3, 0.4) is 0 Å². The van der Waals surface area contributed by atoms with Crippen LogP contribution in [0.2, 0.25) is 0 Å². The van der Waals surface area contributed by atoms with E-state index < -0.39 is 5.97 Å². The number of esters is 1. The second kappa shape index (κ2) is 10.5. The van der Waals surface area contributed by atoms with Gasteiger partial charge in [-0.3, -0.25) is 4.79 Å². The second-order valence-electron chi connectivity index (χ2n) is 6.47. The summed E-state index contributed by atoms with van der Waals surface area (Å²) in [4.78, 5) is 23.9. The van der Waals surface area contributed by atoms with Gasteiger partial charge >= 0.3 is 5.97 Å². The predicted molar refractivity (Wildman–Crippen MR) is 119 cm³/mol. The van der Waals surface area contributed by atoms with Crippen LogP contribution in [-0.2, 0) is 16.1 Å². The van der Waals surface area contributed by atoms with Crippen LogP contribution in [0.25, 0.3) is 11.8 Å². The number of rotatable bonds is 8. The van der Waals surface area contributed by atoms with Crippen LogP contribution in [-0.4, -0.2) is 28.3 Å². The summed E-state index contributed by atoms with van der Waals surface area (Å²) < 4.78 is 7.59. The zero-order chi connectivity index (χ0) is 21.3. The molecule has 0 bridgehead atoms. The van der Waals surface area contributed by atoms with Crippen LogP contribution in [0.4, 0.5) is 0 Å². The van der Waals surface area contributed by atoms with Crippen molar-refractivity contribution < 1.29 is 14.3 Å². The van der Waals surface area contributed by atoms with E-state index in [0.717, 1.165) is 21.3 Å². The van der Waals surface area contributed by atoms with Gasteiger partial charge in [0.25, 0.3) is 0 Å². The van der Waals surface area contributed by atoms with Crippen molar-refractivity contribution >= 4 is 33.9 Å². The average Bonchev–Trinajstić information content (AvgIpc) is 3.25. The quantitative estimate of drug-likeness (QED) is 0.493. The number of ether oxygens (including phenoxy) is 1. The number of amides is 1. The number of hydrogen-bond acceptors (Lipinski definition) is 4. The van der Waals surface area contributed by atoms with Gasteiger partial charge in [0.1, 0.15) is 0 Å². The van der Waals surface area contributed by atoms with Crippen molar-refractivity contribution in [2.24, 2.45) is 0 Å². The molecule has 0 saturated heterocycles. The van der Waals surface area contributed by atoms with Crippen LogP contribution in [0.5, 0.6) is 0 Å². The third-order valence-corrected chi connectivity index (χ3v) is 4.75. The molecular formula is C23H22BrN3O3. The predicted octanol–water partition coefficient (Wildman–Crippen LogP) is 4.53. The largest absolute Gasteiger partial charge is 0.461 e. The molecule has 3 aromatic rings. The lowest BCUT2D eigenvalue weighted by Gasteiger charge is -2.07. The van der Waals surface area contributed by atoms with Crippen molar-refractivity contribution in [3.05, 3.63) is 88.2 Å². The molecule has 30 heavy (non-hydrogen) atoms. The highest BCUT2D eigenvalue weighted by Crippen LogP contribution is 2.13. The van der Waals surface area contributed by atoms with E-state index in [-0.39, 0.29) is 11.6 Å². The van der Waals surface area contributed by atoms with Crippen molar-refractivity contribution in [2.75, 3.05) is 6.61 Å². The molecule has 6 nitrogen and oxygen atoms in total. The van der Waals surface area contributed by atoms with Gasteiger partial charge in [0.2, 0.25) is 5.91 Å². The van der Waals surface area contributed by atoms with Gasteiger partial charge in [-0.1, -0.05) is 52.3 Å². The number of nitrogens with one attached hydrogen (secondary N) is 1. The molecule has 0 aliphatic heterocycles. The van der Waals surface area contributed by atoms with Crippen LogP contribution in [0.15, 0.2) is 71.3 Å². The first-order valence-corrected chi connectivity index (χ1v) is 10.4. The maximum Gasteiger partial charge on any atom is 0.358 e. The lowest BCUT2D eigenvalue weighted by atomic mass is 10.2. The molecule has 7 heteroatoms. The number of carbonyl (C=O) groups excluding carboxylic acids is 2. The molecule has 0 aliphatic rings. The fourth-order valence-electron chi connectivity index (χ4n) is 2.74. The molecule has 1 heterocycles. The molecule has 0 fully saturated rings. The van der Waals surface area contributed by atoms with Gasteiger partial charge in [0, 0.05) is 23.6 Å². The van der Waals surface area contributed by atoms with Gasteiger partial charge in [-0.15, -0.1) is 0 Å². The Kier molecular flexibility index (Phi) is 7.57. The molecule has 0 atom stereocenters. The molecule has 3 rings (SSSR count). The zero-order valence-electron chi connectivity index (χ0n) is 16.5. The molecular weight excluding hydrogens is 446 g/mol. The lowest BCUT2D eigenvalue weighted by molar-refractivity contribution is -0.120. The summed E-state index contributed by atoms with van der Waals surface area (Å²) in [6, 6.07) is 17.1. The summed E-state index contributed by atoms with van der Waals surface area (Å²) in [5, 5.41) is 7.16. The van der Waals surface area contributed by atoms with E-state index in [2.05, 4.69) is 26.3 Å². The van der Waals surface area contributed by atoms with Crippen LogP contribution in [0.1, 0.15) is 35.0 Å². The highest BCUT2D eigenvalue weighted by atomic mass is 79.9. The summed E-state index contributed by atoms with van der Waals surface area (Å²) in [6.45, 7) is 2.47. The third kappa shape index (κ3) is 6.15. The van der Waals surface area contributed by atoms with Gasteiger partial charge in [0.15, 0.2) is 5.69 Å². The Hall–Kier alpha value is -3.19. The SMILES string of the molecule is CCOC(=O)c1ccn(-c2cccc(CNC(=O)C/C=C/c3ccc(Br)cc3)c2)n1. The minimum atomic E-state index is -0.448. The van der Waals surface area contributed by atoms with Crippen LogP contribution in [0, 0.1) is 0 Å². The van der Waals surface area contributed by atoms with E-state index in [1.165, 1.54) is 0 Å². The minimum absolute atomic E-state index is 0.0579. The van der Waals surface area contributed by atoms with E-state index in [9.17, 15) is 9.59 Å². The summed E-state index contributed by atoms with van der Waals surface area (Å²) >= 11 is 3.40. The topological polar surface area (TPSA) is 73.2 Å². The van der Waals surface area contributed by atoms with Crippen molar-refractivity contribution in [3.8, 4) is 5.69 Å². The van der Waals surface area contributed by atoms with E-state index in [4.69, 9.17) is 4.74 Å². The van der Waals surface area contributed by atoms with Crippen molar-refractivity contribution in [3.63, 3.8) is 0 Å². The standard InChI is InChI=1S/C23H22BrN3O3/c1-2-30-23(29)21-13-14-27(26-21)20-7-3-6-18(15-20)16-25-22(28)8-4-5-17-9-11-19(24)12-10-17/h3-7,9-15H,2,8,16H2,1H3,(H,25,28)/b5-4+. The Labute approximate surface area is 183 Å². The monoisotopic (exact) mass is 467 g/mol.